The van der Waals surface area contributed by atoms with E-state index in [1.165, 1.54) is 4.31 Å². The first kappa shape index (κ1) is 25.5. The summed E-state index contributed by atoms with van der Waals surface area (Å²) < 4.78 is 26.0. The van der Waals surface area contributed by atoms with E-state index in [4.69, 9.17) is 23.2 Å². The summed E-state index contributed by atoms with van der Waals surface area (Å²) in [6.45, 7) is 10.5. The van der Waals surface area contributed by atoms with E-state index in [2.05, 4.69) is 26.1 Å². The summed E-state index contributed by atoms with van der Waals surface area (Å²) in [6.07, 6.45) is 1.94. The normalized spacial score (nSPS) is 12.5. The summed E-state index contributed by atoms with van der Waals surface area (Å²) in [5.41, 5.74) is 1.26. The number of benzene rings is 2. The average Bonchev–Trinajstić information content (AvgIpc) is 2.59. The quantitative estimate of drug-likeness (QED) is 0.531. The number of carbonyl (C=O) groups is 1. The third-order valence-electron chi connectivity index (χ3n) is 4.57. The van der Waals surface area contributed by atoms with Crippen molar-refractivity contribution < 1.29 is 13.2 Å². The van der Waals surface area contributed by atoms with Crippen molar-refractivity contribution in [3.05, 3.63) is 63.6 Å². The lowest BCUT2D eigenvalue weighted by atomic mass is 9.81. The van der Waals surface area contributed by atoms with Gasteiger partial charge in [-0.2, -0.15) is 0 Å². The third kappa shape index (κ3) is 7.41. The molecule has 0 aliphatic rings. The van der Waals surface area contributed by atoms with Gasteiger partial charge in [0.1, 0.15) is 0 Å². The Bertz CT molecular complexity index is 1040. The Kier molecular flexibility index (Phi) is 7.72. The van der Waals surface area contributed by atoms with Gasteiger partial charge in [-0.3, -0.25) is 9.10 Å². The minimum absolute atomic E-state index is 0.0658. The zero-order valence-corrected chi connectivity index (χ0v) is 21.1. The molecule has 5 nitrogen and oxygen atoms in total. The maximum atomic E-state index is 12.7. The van der Waals surface area contributed by atoms with Gasteiger partial charge in [-0.1, -0.05) is 62.2 Å². The SMILES string of the molecule is CC(C)(C)CC(C)(C)NC(=O)c1ccc(CN(c2cccc(Cl)c2Cl)S(C)(=O)=O)cc1. The topological polar surface area (TPSA) is 66.5 Å². The number of hydrogen-bond acceptors (Lipinski definition) is 3. The molecule has 1 amide bonds. The lowest BCUT2D eigenvalue weighted by molar-refractivity contribution is 0.0891. The van der Waals surface area contributed by atoms with Crippen LogP contribution in [0.3, 0.4) is 0 Å². The van der Waals surface area contributed by atoms with Crippen molar-refractivity contribution in [2.24, 2.45) is 5.41 Å². The molecule has 0 bridgehead atoms. The summed E-state index contributed by atoms with van der Waals surface area (Å²) in [7, 11) is -3.61. The Morgan fingerprint density at radius 3 is 2.10 bits per heavy atom. The van der Waals surface area contributed by atoms with Crippen LogP contribution >= 0.6 is 23.2 Å². The monoisotopic (exact) mass is 484 g/mol. The molecule has 8 heteroatoms. The van der Waals surface area contributed by atoms with Crippen LogP contribution in [0.1, 0.15) is 57.0 Å². The molecule has 0 atom stereocenters. The van der Waals surface area contributed by atoms with Crippen molar-refractivity contribution in [3.8, 4) is 0 Å². The zero-order valence-electron chi connectivity index (χ0n) is 18.8. The minimum atomic E-state index is -3.61. The second-order valence-electron chi connectivity index (χ2n) is 9.61. The van der Waals surface area contributed by atoms with Crippen LogP contribution in [0, 0.1) is 5.41 Å². The van der Waals surface area contributed by atoms with Crippen molar-refractivity contribution >= 4 is 44.8 Å². The average molecular weight is 485 g/mol. The predicted octanol–water partition coefficient (Wildman–Crippen LogP) is 5.90. The molecule has 0 heterocycles. The number of sulfonamides is 1. The van der Waals surface area contributed by atoms with Crippen molar-refractivity contribution in [1.29, 1.82) is 0 Å². The highest BCUT2D eigenvalue weighted by molar-refractivity contribution is 7.92. The van der Waals surface area contributed by atoms with Crippen LogP contribution in [0.25, 0.3) is 0 Å². The summed E-state index contributed by atoms with van der Waals surface area (Å²) >= 11 is 12.3. The first-order chi connectivity index (χ1) is 14.1. The summed E-state index contributed by atoms with van der Waals surface area (Å²) in [5, 5.41) is 3.52. The standard InChI is InChI=1S/C23H30Cl2N2O3S/c1-22(2,3)15-23(4,5)26-21(28)17-12-10-16(11-13-17)14-27(31(6,29)30)19-9-7-8-18(24)20(19)25/h7-13H,14-15H2,1-6H3,(H,26,28). The number of halogens is 2. The van der Waals surface area contributed by atoms with Gasteiger partial charge in [0.15, 0.2) is 0 Å². The van der Waals surface area contributed by atoms with Gasteiger partial charge in [0.25, 0.3) is 5.91 Å². The van der Waals surface area contributed by atoms with Crippen molar-refractivity contribution in [2.75, 3.05) is 10.6 Å². The summed E-state index contributed by atoms with van der Waals surface area (Å²) in [5.74, 6) is -0.168. The minimum Gasteiger partial charge on any atom is -0.347 e. The molecule has 0 aromatic heterocycles. The van der Waals surface area contributed by atoms with Gasteiger partial charge in [0.2, 0.25) is 10.0 Å². The molecular formula is C23H30Cl2N2O3S. The molecule has 0 unspecified atom stereocenters. The van der Waals surface area contributed by atoms with Gasteiger partial charge in [0.05, 0.1) is 28.5 Å². The van der Waals surface area contributed by atoms with Crippen molar-refractivity contribution in [2.45, 2.75) is 53.1 Å². The second-order valence-corrected chi connectivity index (χ2v) is 12.3. The van der Waals surface area contributed by atoms with Gasteiger partial charge in [-0.15, -0.1) is 0 Å². The highest BCUT2D eigenvalue weighted by Gasteiger charge is 2.27. The number of nitrogens with zero attached hydrogens (tertiary/aromatic N) is 1. The van der Waals surface area contributed by atoms with E-state index in [1.54, 1.807) is 42.5 Å². The largest absolute Gasteiger partial charge is 0.347 e. The third-order valence-corrected chi connectivity index (χ3v) is 6.50. The maximum Gasteiger partial charge on any atom is 0.251 e. The van der Waals surface area contributed by atoms with Crippen LogP contribution in [0.2, 0.25) is 10.0 Å². The summed E-state index contributed by atoms with van der Waals surface area (Å²) in [6, 6.07) is 11.7. The molecule has 0 aliphatic carbocycles. The number of hydrogen-bond donors (Lipinski definition) is 1. The molecule has 1 N–H and O–H groups in total. The molecule has 0 fully saturated rings. The second kappa shape index (κ2) is 9.39. The smallest absolute Gasteiger partial charge is 0.251 e. The molecule has 0 aliphatic heterocycles. The van der Waals surface area contributed by atoms with Gasteiger partial charge in [0, 0.05) is 11.1 Å². The molecule has 170 valence electrons. The van der Waals surface area contributed by atoms with Crippen LogP contribution < -0.4 is 9.62 Å². The van der Waals surface area contributed by atoms with Gasteiger partial charge in [-0.05, 0) is 55.5 Å². The Balaban J connectivity index is 2.22. The first-order valence-corrected chi connectivity index (χ1v) is 12.5. The van der Waals surface area contributed by atoms with Crippen molar-refractivity contribution in [1.82, 2.24) is 5.32 Å². The highest BCUT2D eigenvalue weighted by Crippen LogP contribution is 2.34. The van der Waals surface area contributed by atoms with E-state index >= 15 is 0 Å². The Labute approximate surface area is 195 Å². The van der Waals surface area contributed by atoms with E-state index in [0.29, 0.717) is 16.8 Å². The fourth-order valence-corrected chi connectivity index (χ4v) is 5.08. The molecule has 2 rings (SSSR count). The van der Waals surface area contributed by atoms with Crippen LogP contribution in [0.15, 0.2) is 42.5 Å². The number of anilines is 1. The maximum absolute atomic E-state index is 12.7. The zero-order chi connectivity index (χ0) is 23.6. The molecule has 0 saturated carbocycles. The fraction of sp³-hybridized carbons (Fsp3) is 0.435. The Hall–Kier alpha value is -1.76. The summed E-state index contributed by atoms with van der Waals surface area (Å²) in [4.78, 5) is 12.7. The van der Waals surface area contributed by atoms with Crippen LogP contribution in [-0.4, -0.2) is 26.1 Å². The van der Waals surface area contributed by atoms with Crippen molar-refractivity contribution in [3.63, 3.8) is 0 Å². The van der Waals surface area contributed by atoms with Crippen LogP contribution in [0.4, 0.5) is 5.69 Å². The van der Waals surface area contributed by atoms with Gasteiger partial charge >= 0.3 is 0 Å². The first-order valence-electron chi connectivity index (χ1n) is 9.92. The number of amides is 1. The van der Waals surface area contributed by atoms with Crippen LogP contribution in [-0.2, 0) is 16.6 Å². The van der Waals surface area contributed by atoms with E-state index in [-0.39, 0.29) is 33.5 Å². The lowest BCUT2D eigenvalue weighted by Gasteiger charge is -2.33. The molecule has 0 radical (unpaired) electrons. The molecule has 31 heavy (non-hydrogen) atoms. The molecule has 0 saturated heterocycles. The van der Waals surface area contributed by atoms with Gasteiger partial charge < -0.3 is 5.32 Å². The number of rotatable bonds is 7. The Morgan fingerprint density at radius 2 is 1.58 bits per heavy atom. The fourth-order valence-electron chi connectivity index (χ4n) is 3.74. The predicted molar refractivity (Wildman–Crippen MR) is 130 cm³/mol. The molecule has 2 aromatic carbocycles. The van der Waals surface area contributed by atoms with E-state index < -0.39 is 10.0 Å². The van der Waals surface area contributed by atoms with Crippen LogP contribution in [0.5, 0.6) is 0 Å². The highest BCUT2D eigenvalue weighted by atomic mass is 35.5. The van der Waals surface area contributed by atoms with E-state index in [1.807, 2.05) is 13.8 Å². The Morgan fingerprint density at radius 1 is 1.00 bits per heavy atom. The molecular weight excluding hydrogens is 455 g/mol. The molecule has 0 spiro atoms. The van der Waals surface area contributed by atoms with Gasteiger partial charge in [-0.25, -0.2) is 8.42 Å². The van der Waals surface area contributed by atoms with E-state index in [9.17, 15) is 13.2 Å². The lowest BCUT2D eigenvalue weighted by Crippen LogP contribution is -2.45. The molecule has 2 aromatic rings. The number of carbonyl (C=O) groups excluding carboxylic acids is 1. The number of nitrogens with one attached hydrogen (secondary N) is 1. The van der Waals surface area contributed by atoms with E-state index in [0.717, 1.165) is 12.7 Å².